The molecule has 6 N–H and O–H groups in total. The van der Waals surface area contributed by atoms with Crippen LogP contribution < -0.4 is 0 Å². The van der Waals surface area contributed by atoms with Crippen LogP contribution in [-0.4, -0.2) is 73.0 Å². The first-order chi connectivity index (χ1) is 11.1. The Morgan fingerprint density at radius 3 is 2.21 bits per heavy atom. The summed E-state index contributed by atoms with van der Waals surface area (Å²) in [6, 6.07) is 1.45. The number of aromatic hydroxyl groups is 3. The van der Waals surface area contributed by atoms with Gasteiger partial charge in [0.2, 0.25) is 0 Å². The molecule has 1 aliphatic rings. The molecular weight excluding hydrogens is 332 g/mol. The van der Waals surface area contributed by atoms with Gasteiger partial charge in [-0.25, -0.2) is 14.4 Å². The van der Waals surface area contributed by atoms with Gasteiger partial charge in [0, 0.05) is 0 Å². The molecule has 1 fully saturated rings. The number of benzene rings is 1. The van der Waals surface area contributed by atoms with Gasteiger partial charge in [-0.1, -0.05) is 0 Å². The van der Waals surface area contributed by atoms with E-state index in [-0.39, 0.29) is 0 Å². The Labute approximate surface area is 132 Å². The Morgan fingerprint density at radius 2 is 1.71 bits per heavy atom. The maximum absolute atomic E-state index is 12.0. The molecule has 11 nitrogen and oxygen atoms in total. The highest BCUT2D eigenvalue weighted by atomic mass is 16.6. The van der Waals surface area contributed by atoms with E-state index in [0.29, 0.717) is 0 Å². The van der Waals surface area contributed by atoms with Gasteiger partial charge in [-0.05, 0) is 12.1 Å². The van der Waals surface area contributed by atoms with Gasteiger partial charge in [-0.15, -0.1) is 0 Å². The SMILES string of the molecule is O=C(O[C@@H]1[C@H]([C@@H](O)C(=O)O)OC(=O)[C@H]1O)c1cc(O)c(O)c(O)c1. The number of phenolic OH excluding ortho intramolecular Hbond substituents is 3. The number of carboxylic acid groups (broad SMARTS) is 1. The van der Waals surface area contributed by atoms with Crippen LogP contribution in [0.2, 0.25) is 0 Å². The van der Waals surface area contributed by atoms with Crippen LogP contribution >= 0.6 is 0 Å². The number of cyclic esters (lactones) is 1. The quantitative estimate of drug-likeness (QED) is 0.263. The molecule has 1 aliphatic heterocycles. The molecule has 0 bridgehead atoms. The molecule has 24 heavy (non-hydrogen) atoms. The molecule has 0 amide bonds. The first kappa shape index (κ1) is 17.3. The molecule has 0 saturated carbocycles. The summed E-state index contributed by atoms with van der Waals surface area (Å²) in [4.78, 5) is 34.1. The summed E-state index contributed by atoms with van der Waals surface area (Å²) in [5.74, 6) is -6.93. The van der Waals surface area contributed by atoms with Crippen molar-refractivity contribution in [2.75, 3.05) is 0 Å². The standard InChI is InChI=1S/C13H12O11/c14-4-1-3(2-5(15)6(4)16)12(21)23-10-8(18)13(22)24-9(10)7(17)11(19)20/h1-2,7-10,14-18H,(H,19,20)/t7-,8+,9+,10+/m1/s1. The number of carboxylic acids is 1. The lowest BCUT2D eigenvalue weighted by Gasteiger charge is -2.21. The van der Waals surface area contributed by atoms with E-state index < -0.39 is 65.1 Å². The van der Waals surface area contributed by atoms with Gasteiger partial charge in [0.1, 0.15) is 0 Å². The first-order valence-electron chi connectivity index (χ1n) is 6.38. The Bertz CT molecular complexity index is 674. The van der Waals surface area contributed by atoms with Crippen molar-refractivity contribution >= 4 is 17.9 Å². The van der Waals surface area contributed by atoms with Crippen LogP contribution in [0.25, 0.3) is 0 Å². The number of esters is 2. The van der Waals surface area contributed by atoms with E-state index in [1.807, 2.05) is 0 Å². The van der Waals surface area contributed by atoms with Crippen LogP contribution in [0.4, 0.5) is 0 Å². The van der Waals surface area contributed by atoms with Crippen molar-refractivity contribution in [3.8, 4) is 17.2 Å². The summed E-state index contributed by atoms with van der Waals surface area (Å²) < 4.78 is 9.23. The van der Waals surface area contributed by atoms with Crippen LogP contribution in [0.1, 0.15) is 10.4 Å². The lowest BCUT2D eigenvalue weighted by Crippen LogP contribution is -2.45. The van der Waals surface area contributed by atoms with Crippen molar-refractivity contribution < 1.29 is 54.5 Å². The second-order valence-corrected chi connectivity index (χ2v) is 4.86. The highest BCUT2D eigenvalue weighted by Gasteiger charge is 2.51. The van der Waals surface area contributed by atoms with Gasteiger partial charge < -0.3 is 40.1 Å². The minimum atomic E-state index is -2.26. The molecule has 0 unspecified atom stereocenters. The number of aliphatic carboxylic acids is 1. The molecule has 0 radical (unpaired) electrons. The number of hydrogen-bond donors (Lipinski definition) is 6. The van der Waals surface area contributed by atoms with Crippen LogP contribution in [0.15, 0.2) is 12.1 Å². The van der Waals surface area contributed by atoms with Gasteiger partial charge >= 0.3 is 17.9 Å². The van der Waals surface area contributed by atoms with Crippen molar-refractivity contribution in [2.45, 2.75) is 24.4 Å². The maximum atomic E-state index is 12.0. The highest BCUT2D eigenvalue weighted by molar-refractivity contribution is 5.92. The zero-order chi connectivity index (χ0) is 18.2. The van der Waals surface area contributed by atoms with Crippen molar-refractivity contribution in [3.05, 3.63) is 17.7 Å². The summed E-state index contributed by atoms with van der Waals surface area (Å²) in [5, 5.41) is 55.7. The minimum absolute atomic E-state index is 0.474. The third kappa shape index (κ3) is 3.02. The number of aliphatic hydroxyl groups excluding tert-OH is 2. The van der Waals surface area contributed by atoms with Gasteiger partial charge in [-0.2, -0.15) is 0 Å². The van der Waals surface area contributed by atoms with E-state index >= 15 is 0 Å². The molecule has 130 valence electrons. The first-order valence-corrected chi connectivity index (χ1v) is 6.38. The number of ether oxygens (including phenoxy) is 2. The molecule has 11 heteroatoms. The average molecular weight is 344 g/mol. The molecular formula is C13H12O11. The zero-order valence-corrected chi connectivity index (χ0v) is 11.7. The van der Waals surface area contributed by atoms with Crippen molar-refractivity contribution in [1.29, 1.82) is 0 Å². The molecule has 2 rings (SSSR count). The van der Waals surface area contributed by atoms with Gasteiger partial charge in [-0.3, -0.25) is 0 Å². The topological polar surface area (TPSA) is 191 Å². The largest absolute Gasteiger partial charge is 0.504 e. The van der Waals surface area contributed by atoms with Gasteiger partial charge in [0.05, 0.1) is 5.56 Å². The van der Waals surface area contributed by atoms with Crippen LogP contribution in [0.5, 0.6) is 17.2 Å². The molecule has 4 atom stereocenters. The molecule has 0 aliphatic carbocycles. The van der Waals surface area contributed by atoms with E-state index in [1.165, 1.54) is 0 Å². The number of aliphatic hydroxyl groups is 2. The van der Waals surface area contributed by atoms with Crippen LogP contribution in [0, 0.1) is 0 Å². The normalized spacial score (nSPS) is 24.2. The van der Waals surface area contributed by atoms with E-state index in [4.69, 9.17) is 9.84 Å². The minimum Gasteiger partial charge on any atom is -0.504 e. The molecule has 1 aromatic rings. The average Bonchev–Trinajstić information content (AvgIpc) is 2.79. The van der Waals surface area contributed by atoms with Crippen molar-refractivity contribution in [2.24, 2.45) is 0 Å². The highest BCUT2D eigenvalue weighted by Crippen LogP contribution is 2.36. The number of phenols is 3. The summed E-state index contributed by atoms with van der Waals surface area (Å²) in [6.07, 6.45) is -7.99. The molecule has 1 saturated heterocycles. The van der Waals surface area contributed by atoms with Gasteiger partial charge in [0.15, 0.2) is 41.7 Å². The van der Waals surface area contributed by atoms with E-state index in [0.717, 1.165) is 12.1 Å². The fourth-order valence-corrected chi connectivity index (χ4v) is 2.01. The molecule has 0 aromatic heterocycles. The van der Waals surface area contributed by atoms with Crippen molar-refractivity contribution in [1.82, 2.24) is 0 Å². The number of carbonyl (C=O) groups is 3. The number of hydrogen-bond acceptors (Lipinski definition) is 10. The Balaban J connectivity index is 2.25. The van der Waals surface area contributed by atoms with Crippen LogP contribution in [0.3, 0.4) is 0 Å². The van der Waals surface area contributed by atoms with E-state index in [1.54, 1.807) is 0 Å². The van der Waals surface area contributed by atoms with Crippen LogP contribution in [-0.2, 0) is 19.1 Å². The lowest BCUT2D eigenvalue weighted by atomic mass is 10.1. The zero-order valence-electron chi connectivity index (χ0n) is 11.7. The molecule has 1 aromatic carbocycles. The van der Waals surface area contributed by atoms with E-state index in [9.17, 15) is 39.9 Å². The Kier molecular flexibility index (Phi) is 4.48. The summed E-state index contributed by atoms with van der Waals surface area (Å²) in [6.45, 7) is 0. The predicted octanol–water partition coefficient (Wildman–Crippen LogP) is -1.94. The summed E-state index contributed by atoms with van der Waals surface area (Å²) >= 11 is 0. The molecule has 0 spiro atoms. The fourth-order valence-electron chi connectivity index (χ4n) is 2.01. The molecule has 1 heterocycles. The number of rotatable bonds is 4. The van der Waals surface area contributed by atoms with E-state index in [2.05, 4.69) is 4.74 Å². The second-order valence-electron chi connectivity index (χ2n) is 4.86. The Morgan fingerprint density at radius 1 is 1.17 bits per heavy atom. The summed E-state index contributed by atoms with van der Waals surface area (Å²) in [5.41, 5.74) is -0.474. The Hall–Kier alpha value is -3.05. The van der Waals surface area contributed by atoms with Crippen molar-refractivity contribution in [3.63, 3.8) is 0 Å². The lowest BCUT2D eigenvalue weighted by molar-refractivity contribution is -0.162. The monoisotopic (exact) mass is 344 g/mol. The predicted molar refractivity (Wildman–Crippen MR) is 70.2 cm³/mol. The second kappa shape index (κ2) is 6.22. The maximum Gasteiger partial charge on any atom is 0.339 e. The number of carbonyl (C=O) groups excluding carboxylic acids is 2. The third-order valence-electron chi connectivity index (χ3n) is 3.24. The van der Waals surface area contributed by atoms with Gasteiger partial charge in [0.25, 0.3) is 0 Å². The fraction of sp³-hybridized carbons (Fsp3) is 0.308. The summed E-state index contributed by atoms with van der Waals surface area (Å²) in [7, 11) is 0. The third-order valence-corrected chi connectivity index (χ3v) is 3.24. The smallest absolute Gasteiger partial charge is 0.339 e.